The maximum Gasteiger partial charge on any atom is 0.222 e. The molecule has 1 aromatic carbocycles. The number of nitrogens with zero attached hydrogens (tertiary/aromatic N) is 4. The lowest BCUT2D eigenvalue weighted by molar-refractivity contribution is 0.585. The second kappa shape index (κ2) is 6.50. The normalized spacial score (nSPS) is 14.7. The van der Waals surface area contributed by atoms with E-state index >= 15 is 0 Å². The van der Waals surface area contributed by atoms with Crippen LogP contribution in [0.5, 0.6) is 0 Å². The number of pyridine rings is 1. The molecule has 0 saturated carbocycles. The van der Waals surface area contributed by atoms with Gasteiger partial charge in [0, 0.05) is 37.8 Å². The number of piperazine rings is 1. The van der Waals surface area contributed by atoms with E-state index < -0.39 is 0 Å². The Bertz CT molecular complexity index is 904. The van der Waals surface area contributed by atoms with Crippen molar-refractivity contribution in [1.82, 2.24) is 20.3 Å². The van der Waals surface area contributed by atoms with Crippen molar-refractivity contribution < 1.29 is 0 Å². The van der Waals surface area contributed by atoms with Crippen LogP contribution in [0, 0.1) is 0 Å². The molecule has 0 bridgehead atoms. The Morgan fingerprint density at radius 1 is 1.04 bits per heavy atom. The number of hydrogen-bond acceptors (Lipinski definition) is 8. The molecule has 1 fully saturated rings. The van der Waals surface area contributed by atoms with Crippen molar-refractivity contribution in [3.8, 4) is 11.1 Å². The molecule has 0 aliphatic carbocycles. The summed E-state index contributed by atoms with van der Waals surface area (Å²) in [4.78, 5) is 15.2. The molecule has 0 atom stereocenters. The second-order valence-corrected chi connectivity index (χ2v) is 5.95. The Balaban J connectivity index is 1.75. The van der Waals surface area contributed by atoms with E-state index in [2.05, 4.69) is 36.7 Å². The molecule has 1 aliphatic rings. The summed E-state index contributed by atoms with van der Waals surface area (Å²) in [6.45, 7) is 3.88. The average molecular weight is 336 g/mol. The van der Waals surface area contributed by atoms with Crippen LogP contribution in [-0.2, 0) is 0 Å². The fourth-order valence-electron chi connectivity index (χ4n) is 3.10. The topological polar surface area (TPSA) is 118 Å². The summed E-state index contributed by atoms with van der Waals surface area (Å²) in [5.41, 5.74) is 11.2. The van der Waals surface area contributed by atoms with Crippen LogP contribution in [0.1, 0.15) is 0 Å². The highest BCUT2D eigenvalue weighted by molar-refractivity contribution is 5.93. The van der Waals surface area contributed by atoms with E-state index in [9.17, 15) is 0 Å². The van der Waals surface area contributed by atoms with E-state index in [1.165, 1.54) is 0 Å². The van der Waals surface area contributed by atoms with Gasteiger partial charge in [-0.15, -0.1) is 0 Å². The molecule has 8 nitrogen and oxygen atoms in total. The molecule has 0 spiro atoms. The fourth-order valence-corrected chi connectivity index (χ4v) is 3.10. The first-order valence-corrected chi connectivity index (χ1v) is 8.20. The number of nitrogens with one attached hydrogen (secondary N) is 2. The smallest absolute Gasteiger partial charge is 0.222 e. The predicted molar refractivity (Wildman–Crippen MR) is 100 cm³/mol. The molecule has 0 unspecified atom stereocenters. The molecule has 0 amide bonds. The molecule has 8 heteroatoms. The van der Waals surface area contributed by atoms with E-state index in [0.29, 0.717) is 5.82 Å². The van der Waals surface area contributed by atoms with Crippen LogP contribution in [0.2, 0.25) is 0 Å². The summed E-state index contributed by atoms with van der Waals surface area (Å²) >= 11 is 0. The molecule has 0 radical (unpaired) electrons. The first-order valence-electron chi connectivity index (χ1n) is 8.20. The summed E-state index contributed by atoms with van der Waals surface area (Å²) in [6.07, 6.45) is 1.85. The summed E-state index contributed by atoms with van der Waals surface area (Å²) in [5, 5.41) is 4.18. The number of fused-ring (bicyclic) bond motifs is 1. The van der Waals surface area contributed by atoms with E-state index in [0.717, 1.165) is 54.0 Å². The van der Waals surface area contributed by atoms with Crippen LogP contribution in [-0.4, -0.2) is 41.1 Å². The lowest BCUT2D eigenvalue weighted by Crippen LogP contribution is -2.43. The molecule has 25 heavy (non-hydrogen) atoms. The van der Waals surface area contributed by atoms with Gasteiger partial charge in [-0.3, -0.25) is 0 Å². The molecule has 4 rings (SSSR count). The van der Waals surface area contributed by atoms with Gasteiger partial charge < -0.3 is 21.4 Å². The lowest BCUT2D eigenvalue weighted by Gasteiger charge is -2.28. The number of anilines is 3. The number of rotatable bonds is 3. The van der Waals surface area contributed by atoms with Crippen LogP contribution in [0.3, 0.4) is 0 Å². The van der Waals surface area contributed by atoms with E-state index in [1.54, 1.807) is 0 Å². The Morgan fingerprint density at radius 3 is 2.64 bits per heavy atom. The highest BCUT2D eigenvalue weighted by atomic mass is 15.3. The molecular weight excluding hydrogens is 316 g/mol. The number of hydrogen-bond donors (Lipinski definition) is 4. The summed E-state index contributed by atoms with van der Waals surface area (Å²) in [7, 11) is 0. The molecule has 2 aromatic heterocycles. The third kappa shape index (κ3) is 3.04. The predicted octanol–water partition coefficient (Wildman–Crippen LogP) is 0.969. The number of benzene rings is 1. The van der Waals surface area contributed by atoms with Crippen LogP contribution < -0.4 is 27.2 Å². The summed E-state index contributed by atoms with van der Waals surface area (Å²) < 4.78 is 0. The Hall–Kier alpha value is -2.97. The Labute approximate surface area is 145 Å². The van der Waals surface area contributed by atoms with Gasteiger partial charge >= 0.3 is 0 Å². The second-order valence-electron chi connectivity index (χ2n) is 5.95. The van der Waals surface area contributed by atoms with E-state index in [-0.39, 0.29) is 5.95 Å². The third-order valence-electron chi connectivity index (χ3n) is 4.37. The van der Waals surface area contributed by atoms with Crippen LogP contribution in [0.4, 0.5) is 17.6 Å². The van der Waals surface area contributed by atoms with Crippen molar-refractivity contribution in [2.45, 2.75) is 0 Å². The van der Waals surface area contributed by atoms with Gasteiger partial charge in [-0.2, -0.15) is 4.98 Å². The highest BCUT2D eigenvalue weighted by Crippen LogP contribution is 2.29. The molecule has 6 N–H and O–H groups in total. The van der Waals surface area contributed by atoms with E-state index in [4.69, 9.17) is 11.6 Å². The Kier molecular flexibility index (Phi) is 4.04. The number of nitrogen functional groups attached to an aromatic ring is 2. The van der Waals surface area contributed by atoms with Crippen molar-refractivity contribution >= 4 is 28.5 Å². The zero-order valence-corrected chi connectivity index (χ0v) is 13.7. The van der Waals surface area contributed by atoms with Crippen molar-refractivity contribution in [2.75, 3.05) is 42.2 Å². The summed E-state index contributed by atoms with van der Waals surface area (Å²) in [6, 6.07) is 10.1. The molecular formula is C17H20N8. The van der Waals surface area contributed by atoms with Gasteiger partial charge in [0.05, 0.1) is 5.52 Å². The van der Waals surface area contributed by atoms with Gasteiger partial charge in [0.2, 0.25) is 5.95 Å². The van der Waals surface area contributed by atoms with Crippen molar-refractivity contribution in [3.63, 3.8) is 0 Å². The maximum absolute atomic E-state index is 5.72. The first kappa shape index (κ1) is 15.6. The molecule has 3 aromatic rings. The Morgan fingerprint density at radius 2 is 1.84 bits per heavy atom. The summed E-state index contributed by atoms with van der Waals surface area (Å²) in [5.74, 6) is 7.27. The number of hydrazine groups is 1. The monoisotopic (exact) mass is 336 g/mol. The van der Waals surface area contributed by atoms with Gasteiger partial charge in [0.1, 0.15) is 5.82 Å². The quantitative estimate of drug-likeness (QED) is 0.413. The van der Waals surface area contributed by atoms with Gasteiger partial charge in [-0.05, 0) is 35.4 Å². The van der Waals surface area contributed by atoms with Crippen molar-refractivity contribution in [3.05, 3.63) is 36.5 Å². The average Bonchev–Trinajstić information content (AvgIpc) is 2.67. The minimum Gasteiger partial charge on any atom is -0.368 e. The number of aromatic nitrogens is 3. The zero-order valence-electron chi connectivity index (χ0n) is 13.7. The largest absolute Gasteiger partial charge is 0.368 e. The zero-order chi connectivity index (χ0) is 17.2. The third-order valence-corrected chi connectivity index (χ3v) is 4.37. The molecule has 1 aliphatic heterocycles. The maximum atomic E-state index is 5.72. The standard InChI is InChI=1S/C17H20N8/c18-17-22-14-2-1-11(9-13(14)16(23-17)24-19)12-3-4-21-15(10-12)25-7-5-20-6-8-25/h1-4,9-10,20H,5-8,19H2,(H3,18,22,23,24). The van der Waals surface area contributed by atoms with Crippen LogP contribution in [0.15, 0.2) is 36.5 Å². The van der Waals surface area contributed by atoms with E-state index in [1.807, 2.05) is 30.5 Å². The van der Waals surface area contributed by atoms with Gasteiger partial charge in [0.25, 0.3) is 0 Å². The van der Waals surface area contributed by atoms with Crippen molar-refractivity contribution in [1.29, 1.82) is 0 Å². The SMILES string of the molecule is NNc1nc(N)nc2ccc(-c3ccnc(N4CCNCC4)c3)cc12. The molecule has 1 saturated heterocycles. The molecule has 3 heterocycles. The lowest BCUT2D eigenvalue weighted by atomic mass is 10.0. The van der Waals surface area contributed by atoms with Crippen LogP contribution >= 0.6 is 0 Å². The van der Waals surface area contributed by atoms with Gasteiger partial charge in [-0.25, -0.2) is 15.8 Å². The number of nitrogens with two attached hydrogens (primary N) is 2. The van der Waals surface area contributed by atoms with Gasteiger partial charge in [0.15, 0.2) is 5.82 Å². The molecule has 128 valence electrons. The minimum absolute atomic E-state index is 0.193. The van der Waals surface area contributed by atoms with Gasteiger partial charge in [-0.1, -0.05) is 6.07 Å². The minimum atomic E-state index is 0.193. The van der Waals surface area contributed by atoms with Crippen LogP contribution in [0.25, 0.3) is 22.0 Å². The van der Waals surface area contributed by atoms with Crippen molar-refractivity contribution in [2.24, 2.45) is 5.84 Å². The fraction of sp³-hybridized carbons (Fsp3) is 0.235. The first-order chi connectivity index (χ1) is 12.2. The highest BCUT2D eigenvalue weighted by Gasteiger charge is 2.13.